The highest BCUT2D eigenvalue weighted by atomic mass is 35.5. The van der Waals surface area contributed by atoms with Crippen LogP contribution in [0.4, 0.5) is 26.3 Å². The molecule has 0 spiro atoms. The van der Waals surface area contributed by atoms with Gasteiger partial charge in [0.1, 0.15) is 29.6 Å². The van der Waals surface area contributed by atoms with Crippen LogP contribution in [0.15, 0.2) is 39.3 Å². The minimum Gasteiger partial charge on any atom is -0.354 e. The lowest BCUT2D eigenvalue weighted by Crippen LogP contribution is -2.41. The van der Waals surface area contributed by atoms with Gasteiger partial charge in [-0.05, 0) is 6.08 Å². The number of benzene rings is 1. The van der Waals surface area contributed by atoms with Crippen LogP contribution in [0.1, 0.15) is 17.7 Å². The summed E-state index contributed by atoms with van der Waals surface area (Å²) >= 11 is 5.85. The Bertz CT molecular complexity index is 1540. The van der Waals surface area contributed by atoms with Gasteiger partial charge < -0.3 is 4.52 Å². The maximum absolute atomic E-state index is 15.2. The number of fused-ring (bicyclic) bond motifs is 2. The molecule has 1 aliphatic carbocycles. The van der Waals surface area contributed by atoms with Crippen LogP contribution in [0, 0.1) is 5.82 Å². The first-order chi connectivity index (χ1) is 16.4. The maximum atomic E-state index is 15.2. The van der Waals surface area contributed by atoms with Crippen molar-refractivity contribution in [2.24, 2.45) is 0 Å². The summed E-state index contributed by atoms with van der Waals surface area (Å²) in [7, 11) is -1.80. The number of rotatable bonds is 4. The Balaban J connectivity index is 1.75. The molecule has 5 rings (SSSR count). The maximum Gasteiger partial charge on any atom is 0.334 e. The third kappa shape index (κ3) is 3.57. The molecule has 1 aromatic carbocycles. The van der Waals surface area contributed by atoms with Gasteiger partial charge in [-0.15, -0.1) is 0 Å². The standard InChI is InChI=1S/C20H13ClF6N4O3S/c1-35(33)29-12-5-30-13(20(12,26)27)6-31(19(30)32)18-15-11(34-28-18)4-8(21)17(25)16(15)14-9(23)2-7(22)3-10(14)24/h2,4,6-7,12,29H,3,5H2,1H3/t7?,12-,35?/m1/s1. The van der Waals surface area contributed by atoms with E-state index in [2.05, 4.69) is 9.88 Å². The third-order valence-corrected chi connectivity index (χ3v) is 6.65. The number of alkyl halides is 3. The minimum absolute atomic E-state index is 0.303. The van der Waals surface area contributed by atoms with E-state index in [1.807, 2.05) is 0 Å². The van der Waals surface area contributed by atoms with Gasteiger partial charge in [0.25, 0.3) is 0 Å². The fourth-order valence-corrected chi connectivity index (χ4v) is 5.07. The molecule has 0 radical (unpaired) electrons. The second-order valence-corrected chi connectivity index (χ2v) is 9.52. The highest BCUT2D eigenvalue weighted by Gasteiger charge is 2.51. The predicted molar refractivity (Wildman–Crippen MR) is 114 cm³/mol. The molecule has 2 aliphatic rings. The number of hydrogen-bond donors (Lipinski definition) is 1. The number of hydrogen-bond acceptors (Lipinski definition) is 4. The van der Waals surface area contributed by atoms with Crippen molar-refractivity contribution in [2.75, 3.05) is 6.26 Å². The van der Waals surface area contributed by atoms with Crippen molar-refractivity contribution < 1.29 is 35.1 Å². The summed E-state index contributed by atoms with van der Waals surface area (Å²) in [5.41, 5.74) is -3.85. The van der Waals surface area contributed by atoms with E-state index in [4.69, 9.17) is 16.1 Å². The summed E-state index contributed by atoms with van der Waals surface area (Å²) < 4.78 is 108. The minimum atomic E-state index is -3.63. The van der Waals surface area contributed by atoms with Crippen molar-refractivity contribution in [2.45, 2.75) is 31.1 Å². The van der Waals surface area contributed by atoms with E-state index >= 15 is 4.39 Å². The van der Waals surface area contributed by atoms with Crippen LogP contribution in [-0.2, 0) is 23.5 Å². The molecule has 7 nitrogen and oxygen atoms in total. The van der Waals surface area contributed by atoms with Gasteiger partial charge in [-0.3, -0.25) is 4.57 Å². The summed E-state index contributed by atoms with van der Waals surface area (Å²) in [5.74, 6) is -8.22. The Morgan fingerprint density at radius 1 is 1.31 bits per heavy atom. The molecule has 3 heterocycles. The van der Waals surface area contributed by atoms with E-state index < -0.39 is 98.3 Å². The summed E-state index contributed by atoms with van der Waals surface area (Å²) in [5, 5.41) is 2.60. The van der Waals surface area contributed by atoms with Crippen LogP contribution in [0.25, 0.3) is 22.4 Å². The van der Waals surface area contributed by atoms with Gasteiger partial charge in [-0.1, -0.05) is 16.8 Å². The topological polar surface area (TPSA) is 82.1 Å². The Kier molecular flexibility index (Phi) is 5.53. The van der Waals surface area contributed by atoms with E-state index in [0.717, 1.165) is 18.5 Å². The Labute approximate surface area is 199 Å². The number of imidazole rings is 1. The molecule has 0 saturated heterocycles. The van der Waals surface area contributed by atoms with Crippen molar-refractivity contribution in [3.05, 3.63) is 62.6 Å². The average Bonchev–Trinajstić information content (AvgIpc) is 3.37. The van der Waals surface area contributed by atoms with Gasteiger partial charge in [0, 0.05) is 30.5 Å². The van der Waals surface area contributed by atoms with E-state index in [9.17, 15) is 31.0 Å². The lowest BCUT2D eigenvalue weighted by atomic mass is 9.93. The zero-order valence-corrected chi connectivity index (χ0v) is 19.0. The SMILES string of the molecule is CS(=O)N[C@@H]1Cn2c(cn(-c3noc4cc(Cl)c(F)c(C5=C(F)CC(F)C=C5F)c34)c2=O)C1(F)F. The van der Waals surface area contributed by atoms with Crippen LogP contribution in [0.3, 0.4) is 0 Å². The van der Waals surface area contributed by atoms with Crippen molar-refractivity contribution in [3.63, 3.8) is 0 Å². The van der Waals surface area contributed by atoms with Crippen LogP contribution in [0.2, 0.25) is 5.02 Å². The van der Waals surface area contributed by atoms with E-state index in [1.165, 1.54) is 0 Å². The molecule has 0 saturated carbocycles. The van der Waals surface area contributed by atoms with Gasteiger partial charge in [0.15, 0.2) is 17.2 Å². The molecule has 1 aliphatic heterocycles. The van der Waals surface area contributed by atoms with E-state index in [0.29, 0.717) is 15.2 Å². The van der Waals surface area contributed by atoms with Crippen LogP contribution < -0.4 is 10.4 Å². The van der Waals surface area contributed by atoms with Crippen molar-refractivity contribution in [1.82, 2.24) is 19.0 Å². The molecule has 0 amide bonds. The fraction of sp³-hybridized carbons (Fsp3) is 0.300. The highest BCUT2D eigenvalue weighted by molar-refractivity contribution is 7.82. The first-order valence-electron chi connectivity index (χ1n) is 9.90. The first-order valence-corrected chi connectivity index (χ1v) is 11.8. The highest BCUT2D eigenvalue weighted by Crippen LogP contribution is 2.44. The van der Waals surface area contributed by atoms with Crippen LogP contribution in [-0.4, -0.2) is 37.0 Å². The molecule has 0 bridgehead atoms. The molecule has 3 atom stereocenters. The Morgan fingerprint density at radius 2 is 2.03 bits per heavy atom. The lowest BCUT2D eigenvalue weighted by Gasteiger charge is -2.18. The van der Waals surface area contributed by atoms with Gasteiger partial charge in [0.05, 0.1) is 33.5 Å². The van der Waals surface area contributed by atoms with Crippen LogP contribution in [0.5, 0.6) is 0 Å². The van der Waals surface area contributed by atoms with Crippen molar-refractivity contribution >= 4 is 39.1 Å². The van der Waals surface area contributed by atoms with Crippen molar-refractivity contribution in [1.29, 1.82) is 0 Å². The molecule has 2 aromatic heterocycles. The Morgan fingerprint density at radius 3 is 2.66 bits per heavy atom. The summed E-state index contributed by atoms with van der Waals surface area (Å²) in [6.07, 6.45) is -0.538. The largest absolute Gasteiger partial charge is 0.354 e. The molecule has 186 valence electrons. The average molecular weight is 539 g/mol. The molecule has 35 heavy (non-hydrogen) atoms. The second-order valence-electron chi connectivity index (χ2n) is 7.97. The van der Waals surface area contributed by atoms with Gasteiger partial charge >= 0.3 is 11.6 Å². The van der Waals surface area contributed by atoms with Crippen LogP contribution >= 0.6 is 11.6 Å². The second kappa shape index (κ2) is 8.10. The van der Waals surface area contributed by atoms with Gasteiger partial charge in [-0.2, -0.15) is 8.78 Å². The smallest absolute Gasteiger partial charge is 0.334 e. The van der Waals surface area contributed by atoms with E-state index in [1.54, 1.807) is 0 Å². The van der Waals surface area contributed by atoms with Gasteiger partial charge in [-0.25, -0.2) is 35.9 Å². The van der Waals surface area contributed by atoms with Gasteiger partial charge in [0.2, 0.25) is 0 Å². The molecular weight excluding hydrogens is 526 g/mol. The number of aromatic nitrogens is 3. The normalized spacial score (nSPS) is 22.6. The predicted octanol–water partition coefficient (Wildman–Crippen LogP) is 4.21. The molecule has 3 aromatic rings. The number of allylic oxidation sites excluding steroid dienone is 4. The molecular formula is C20H13ClF6N4O3S. The monoisotopic (exact) mass is 538 g/mol. The molecule has 1 N–H and O–H groups in total. The quantitative estimate of drug-likeness (QED) is 0.505. The summed E-state index contributed by atoms with van der Waals surface area (Å²) in [4.78, 5) is 13.0. The van der Waals surface area contributed by atoms with Crippen molar-refractivity contribution in [3.8, 4) is 5.82 Å². The zero-order valence-electron chi connectivity index (χ0n) is 17.4. The third-order valence-electron chi connectivity index (χ3n) is 5.76. The molecule has 2 unspecified atom stereocenters. The fourth-order valence-electron chi connectivity index (χ4n) is 4.25. The Hall–Kier alpha value is -2.84. The molecule has 0 fully saturated rings. The van der Waals surface area contributed by atoms with E-state index in [-0.39, 0.29) is 5.58 Å². The number of nitrogens with zero attached hydrogens (tertiary/aromatic N) is 3. The molecule has 15 heteroatoms. The number of nitrogens with one attached hydrogen (secondary N) is 1. The summed E-state index contributed by atoms with van der Waals surface area (Å²) in [6, 6.07) is -0.701. The lowest BCUT2D eigenvalue weighted by molar-refractivity contribution is -0.0244. The summed E-state index contributed by atoms with van der Waals surface area (Å²) in [6.45, 7) is -0.550. The zero-order chi connectivity index (χ0) is 25.4. The number of halogens is 7. The first kappa shape index (κ1) is 23.9.